The van der Waals surface area contributed by atoms with Gasteiger partial charge < -0.3 is 9.88 Å². The van der Waals surface area contributed by atoms with Gasteiger partial charge in [0.25, 0.3) is 0 Å². The Balaban J connectivity index is 2.00. The summed E-state index contributed by atoms with van der Waals surface area (Å²) in [7, 11) is 2.06. The van der Waals surface area contributed by atoms with Gasteiger partial charge in [0.05, 0.1) is 6.54 Å². The SMILES string of the molecule is C[C@@H]1[C@@H](C)C(C)(C)[C@@H](C)C[C@H]1NCc1nccn1C. The lowest BCUT2D eigenvalue weighted by atomic mass is 9.58. The van der Waals surface area contributed by atoms with Crippen LogP contribution in [0.5, 0.6) is 0 Å². The molecule has 0 bridgehead atoms. The third-order valence-electron chi connectivity index (χ3n) is 5.92. The Morgan fingerprint density at radius 1 is 1.37 bits per heavy atom. The van der Waals surface area contributed by atoms with Crippen molar-refractivity contribution in [2.75, 3.05) is 0 Å². The van der Waals surface area contributed by atoms with Gasteiger partial charge in [0, 0.05) is 25.5 Å². The van der Waals surface area contributed by atoms with Crippen LogP contribution in [0.2, 0.25) is 0 Å². The van der Waals surface area contributed by atoms with Crippen molar-refractivity contribution in [2.24, 2.45) is 30.2 Å². The van der Waals surface area contributed by atoms with Crippen molar-refractivity contribution in [3.8, 4) is 0 Å². The molecule has 1 aromatic rings. The van der Waals surface area contributed by atoms with Crippen molar-refractivity contribution in [3.63, 3.8) is 0 Å². The highest BCUT2D eigenvalue weighted by molar-refractivity contribution is 4.97. The maximum Gasteiger partial charge on any atom is 0.122 e. The molecule has 19 heavy (non-hydrogen) atoms. The summed E-state index contributed by atoms with van der Waals surface area (Å²) >= 11 is 0. The summed E-state index contributed by atoms with van der Waals surface area (Å²) in [6, 6.07) is 0.606. The highest BCUT2D eigenvalue weighted by Crippen LogP contribution is 2.47. The third-order valence-corrected chi connectivity index (χ3v) is 5.92. The number of hydrogen-bond acceptors (Lipinski definition) is 2. The van der Waals surface area contributed by atoms with E-state index in [1.54, 1.807) is 0 Å². The van der Waals surface area contributed by atoms with E-state index >= 15 is 0 Å². The fourth-order valence-corrected chi connectivity index (χ4v) is 3.43. The highest BCUT2D eigenvalue weighted by atomic mass is 15.1. The Kier molecular flexibility index (Phi) is 4.05. The number of nitrogens with zero attached hydrogens (tertiary/aromatic N) is 2. The standard InChI is InChI=1S/C16H29N3/c1-11-9-14(12(2)13(3)16(11,4)5)18-10-15-17-7-8-19(15)6/h7-8,11-14,18H,9-10H2,1-6H3/t11-,12+,13+,14+/m0/s1. The van der Waals surface area contributed by atoms with E-state index in [9.17, 15) is 0 Å². The average molecular weight is 263 g/mol. The molecule has 1 aliphatic rings. The molecule has 1 N–H and O–H groups in total. The normalized spacial score (nSPS) is 34.4. The van der Waals surface area contributed by atoms with E-state index in [1.807, 2.05) is 12.4 Å². The number of aryl methyl sites for hydroxylation is 1. The van der Waals surface area contributed by atoms with E-state index in [2.05, 4.69) is 56.5 Å². The van der Waals surface area contributed by atoms with Gasteiger partial charge in [-0.15, -0.1) is 0 Å². The smallest absolute Gasteiger partial charge is 0.122 e. The first kappa shape index (κ1) is 14.6. The van der Waals surface area contributed by atoms with E-state index in [1.165, 1.54) is 6.42 Å². The maximum atomic E-state index is 4.39. The molecule has 1 aliphatic carbocycles. The minimum atomic E-state index is 0.445. The van der Waals surface area contributed by atoms with Crippen molar-refractivity contribution >= 4 is 0 Å². The summed E-state index contributed by atoms with van der Waals surface area (Å²) in [6.45, 7) is 12.9. The molecular weight excluding hydrogens is 234 g/mol. The molecule has 1 heterocycles. The van der Waals surface area contributed by atoms with Crippen LogP contribution < -0.4 is 5.32 Å². The van der Waals surface area contributed by atoms with Crippen LogP contribution in [0, 0.1) is 23.2 Å². The molecule has 1 saturated carbocycles. The van der Waals surface area contributed by atoms with Crippen molar-refractivity contribution in [2.45, 2.75) is 53.6 Å². The van der Waals surface area contributed by atoms with E-state index in [0.29, 0.717) is 17.4 Å². The van der Waals surface area contributed by atoms with Crippen LogP contribution in [-0.2, 0) is 13.6 Å². The van der Waals surface area contributed by atoms with Gasteiger partial charge in [-0.2, -0.15) is 0 Å². The summed E-state index contributed by atoms with van der Waals surface area (Å²) in [5.41, 5.74) is 0.445. The van der Waals surface area contributed by atoms with Gasteiger partial charge in [-0.1, -0.05) is 34.6 Å². The van der Waals surface area contributed by atoms with Crippen molar-refractivity contribution in [1.29, 1.82) is 0 Å². The molecule has 3 heteroatoms. The molecule has 2 rings (SSSR count). The summed E-state index contributed by atoms with van der Waals surface area (Å²) < 4.78 is 2.09. The minimum absolute atomic E-state index is 0.445. The quantitative estimate of drug-likeness (QED) is 0.907. The Morgan fingerprint density at radius 2 is 2.05 bits per heavy atom. The Labute approximate surface area is 117 Å². The monoisotopic (exact) mass is 263 g/mol. The van der Waals surface area contributed by atoms with Gasteiger partial charge in [0.1, 0.15) is 5.82 Å². The number of rotatable bonds is 3. The molecule has 4 atom stereocenters. The van der Waals surface area contributed by atoms with Crippen LogP contribution in [-0.4, -0.2) is 15.6 Å². The molecule has 1 fully saturated rings. The zero-order valence-corrected chi connectivity index (χ0v) is 13.3. The summed E-state index contributed by atoms with van der Waals surface area (Å²) in [4.78, 5) is 4.39. The molecule has 0 aliphatic heterocycles. The molecule has 3 nitrogen and oxygen atoms in total. The number of aromatic nitrogens is 2. The fourth-order valence-electron chi connectivity index (χ4n) is 3.43. The second-order valence-electron chi connectivity index (χ2n) is 7.05. The topological polar surface area (TPSA) is 29.9 Å². The van der Waals surface area contributed by atoms with E-state index in [0.717, 1.165) is 24.2 Å². The molecule has 0 aromatic carbocycles. The predicted octanol–water partition coefficient (Wildman–Crippen LogP) is 3.22. The van der Waals surface area contributed by atoms with Crippen LogP contribution in [0.25, 0.3) is 0 Å². The maximum absolute atomic E-state index is 4.39. The lowest BCUT2D eigenvalue weighted by Crippen LogP contribution is -2.50. The van der Waals surface area contributed by atoms with Crippen molar-refractivity contribution in [3.05, 3.63) is 18.2 Å². The second kappa shape index (κ2) is 5.28. The largest absolute Gasteiger partial charge is 0.337 e. The van der Waals surface area contributed by atoms with Crippen LogP contribution in [0.15, 0.2) is 12.4 Å². The Bertz CT molecular complexity index is 421. The number of nitrogens with one attached hydrogen (secondary N) is 1. The Hall–Kier alpha value is -0.830. The zero-order valence-electron chi connectivity index (χ0n) is 13.3. The summed E-state index contributed by atoms with van der Waals surface area (Å²) in [5, 5.41) is 3.73. The number of hydrogen-bond donors (Lipinski definition) is 1. The molecular formula is C16H29N3. The first-order chi connectivity index (χ1) is 8.84. The third kappa shape index (κ3) is 2.71. The molecule has 108 valence electrons. The first-order valence-electron chi connectivity index (χ1n) is 7.53. The van der Waals surface area contributed by atoms with E-state index in [4.69, 9.17) is 0 Å². The molecule has 0 unspecified atom stereocenters. The van der Waals surface area contributed by atoms with Gasteiger partial charge in [-0.3, -0.25) is 0 Å². The highest BCUT2D eigenvalue weighted by Gasteiger charge is 2.43. The first-order valence-corrected chi connectivity index (χ1v) is 7.53. The van der Waals surface area contributed by atoms with Crippen LogP contribution >= 0.6 is 0 Å². The van der Waals surface area contributed by atoms with Gasteiger partial charge >= 0.3 is 0 Å². The van der Waals surface area contributed by atoms with Gasteiger partial charge in [-0.05, 0) is 29.6 Å². The second-order valence-corrected chi connectivity index (χ2v) is 7.05. The number of imidazole rings is 1. The summed E-state index contributed by atoms with van der Waals surface area (Å²) in [5.74, 6) is 3.34. The molecule has 0 amide bonds. The molecule has 1 aromatic heterocycles. The Morgan fingerprint density at radius 3 is 2.63 bits per heavy atom. The fraction of sp³-hybridized carbons (Fsp3) is 0.812. The van der Waals surface area contributed by atoms with Crippen LogP contribution in [0.3, 0.4) is 0 Å². The molecule has 0 spiro atoms. The predicted molar refractivity (Wildman–Crippen MR) is 79.7 cm³/mol. The zero-order chi connectivity index (χ0) is 14.2. The van der Waals surface area contributed by atoms with Crippen LogP contribution in [0.1, 0.15) is 46.9 Å². The molecule has 0 radical (unpaired) electrons. The van der Waals surface area contributed by atoms with Crippen LogP contribution in [0.4, 0.5) is 0 Å². The lowest BCUT2D eigenvalue weighted by molar-refractivity contribution is 0.0148. The molecule has 0 saturated heterocycles. The van der Waals surface area contributed by atoms with Gasteiger partial charge in [0.2, 0.25) is 0 Å². The van der Waals surface area contributed by atoms with Crippen molar-refractivity contribution < 1.29 is 0 Å². The van der Waals surface area contributed by atoms with Crippen molar-refractivity contribution in [1.82, 2.24) is 14.9 Å². The summed E-state index contributed by atoms with van der Waals surface area (Å²) in [6.07, 6.45) is 5.15. The van der Waals surface area contributed by atoms with E-state index < -0.39 is 0 Å². The van der Waals surface area contributed by atoms with Gasteiger partial charge in [-0.25, -0.2) is 4.98 Å². The van der Waals surface area contributed by atoms with Gasteiger partial charge in [0.15, 0.2) is 0 Å². The lowest BCUT2D eigenvalue weighted by Gasteiger charge is -2.50. The average Bonchev–Trinajstić information content (AvgIpc) is 2.76. The minimum Gasteiger partial charge on any atom is -0.337 e. The van der Waals surface area contributed by atoms with E-state index in [-0.39, 0.29) is 0 Å².